The molecule has 0 saturated carbocycles. The Morgan fingerprint density at radius 2 is 2.00 bits per heavy atom. The summed E-state index contributed by atoms with van der Waals surface area (Å²) in [6.07, 6.45) is -0.594. The Labute approximate surface area is 142 Å². The van der Waals surface area contributed by atoms with Crippen LogP contribution >= 0.6 is 0 Å². The molecule has 1 aliphatic rings. The predicted molar refractivity (Wildman–Crippen MR) is 90.9 cm³/mol. The summed E-state index contributed by atoms with van der Waals surface area (Å²) in [6, 6.07) is 8.89. The molecule has 4 N–H and O–H groups in total. The highest BCUT2D eigenvalue weighted by Crippen LogP contribution is 2.06. The van der Waals surface area contributed by atoms with Crippen LogP contribution in [0.15, 0.2) is 30.3 Å². The van der Waals surface area contributed by atoms with E-state index in [-0.39, 0.29) is 30.5 Å². The normalized spacial score (nSPS) is 21.3. The van der Waals surface area contributed by atoms with Gasteiger partial charge >= 0.3 is 6.09 Å². The summed E-state index contributed by atoms with van der Waals surface area (Å²) in [5.74, 6) is -0.254. The van der Waals surface area contributed by atoms with Crippen molar-refractivity contribution in [2.75, 3.05) is 6.54 Å². The molecule has 0 spiro atoms. The van der Waals surface area contributed by atoms with E-state index in [4.69, 9.17) is 4.74 Å². The maximum absolute atomic E-state index is 12.5. The van der Waals surface area contributed by atoms with Gasteiger partial charge in [0.15, 0.2) is 0 Å². The van der Waals surface area contributed by atoms with Crippen LogP contribution in [0.4, 0.5) is 4.79 Å². The average Bonchev–Trinajstić information content (AvgIpc) is 2.96. The first-order valence-electron chi connectivity index (χ1n) is 8.23. The van der Waals surface area contributed by atoms with E-state index in [0.29, 0.717) is 6.54 Å². The molecule has 1 aromatic carbocycles. The summed E-state index contributed by atoms with van der Waals surface area (Å²) < 4.78 is 5.20. The standard InChI is InChI=1S/C17H26N4O3/c1-11(2)15(16(22)19-14-9-18-21-12(14)3)20-17(23)24-10-13-7-5-4-6-8-13/h4-8,11-12,14-15,18,21H,9-10H2,1-3H3,(H,19,22)(H,20,23)/t12?,14?,15-/m0/s1. The number of amides is 2. The van der Waals surface area contributed by atoms with E-state index in [1.54, 1.807) is 0 Å². The molecule has 3 atom stereocenters. The van der Waals surface area contributed by atoms with Gasteiger partial charge in [0.2, 0.25) is 5.91 Å². The number of carbonyl (C=O) groups excluding carboxylic acids is 2. The van der Waals surface area contributed by atoms with E-state index < -0.39 is 12.1 Å². The number of alkyl carbamates (subject to hydrolysis) is 1. The summed E-state index contributed by atoms with van der Waals surface area (Å²) >= 11 is 0. The lowest BCUT2D eigenvalue weighted by Gasteiger charge is -2.24. The minimum absolute atomic E-state index is 0.0131. The van der Waals surface area contributed by atoms with Crippen LogP contribution in [0.25, 0.3) is 0 Å². The van der Waals surface area contributed by atoms with Crippen LogP contribution in [0.2, 0.25) is 0 Å². The fourth-order valence-electron chi connectivity index (χ4n) is 2.48. The fourth-order valence-corrected chi connectivity index (χ4v) is 2.48. The lowest BCUT2D eigenvalue weighted by atomic mass is 10.0. The monoisotopic (exact) mass is 334 g/mol. The number of rotatable bonds is 6. The summed E-state index contributed by atoms with van der Waals surface area (Å²) in [6.45, 7) is 6.58. The van der Waals surface area contributed by atoms with Gasteiger partial charge in [0.25, 0.3) is 0 Å². The highest BCUT2D eigenvalue weighted by molar-refractivity contribution is 5.86. The third-order valence-electron chi connectivity index (χ3n) is 4.02. The molecule has 1 saturated heterocycles. The highest BCUT2D eigenvalue weighted by atomic mass is 16.5. The zero-order valence-corrected chi connectivity index (χ0v) is 14.3. The molecule has 24 heavy (non-hydrogen) atoms. The van der Waals surface area contributed by atoms with Crippen LogP contribution in [0.5, 0.6) is 0 Å². The molecule has 0 bridgehead atoms. The van der Waals surface area contributed by atoms with E-state index >= 15 is 0 Å². The second-order valence-electron chi connectivity index (χ2n) is 6.36. The van der Waals surface area contributed by atoms with Crippen LogP contribution in [0, 0.1) is 5.92 Å². The Balaban J connectivity index is 1.85. The van der Waals surface area contributed by atoms with Gasteiger partial charge in [-0.1, -0.05) is 44.2 Å². The van der Waals surface area contributed by atoms with Gasteiger partial charge < -0.3 is 15.4 Å². The highest BCUT2D eigenvalue weighted by Gasteiger charge is 2.30. The van der Waals surface area contributed by atoms with Gasteiger partial charge in [0.1, 0.15) is 12.6 Å². The van der Waals surface area contributed by atoms with Crippen molar-refractivity contribution in [2.45, 2.75) is 45.5 Å². The minimum atomic E-state index is -0.638. The molecule has 2 rings (SSSR count). The minimum Gasteiger partial charge on any atom is -0.445 e. The van der Waals surface area contributed by atoms with Crippen molar-refractivity contribution in [1.29, 1.82) is 0 Å². The first-order valence-corrected chi connectivity index (χ1v) is 8.23. The number of nitrogens with one attached hydrogen (secondary N) is 4. The molecule has 1 fully saturated rings. The Morgan fingerprint density at radius 3 is 2.58 bits per heavy atom. The number of ether oxygens (including phenoxy) is 1. The van der Waals surface area contributed by atoms with Gasteiger partial charge in [-0.2, -0.15) is 0 Å². The zero-order valence-electron chi connectivity index (χ0n) is 14.3. The van der Waals surface area contributed by atoms with Gasteiger partial charge in [-0.3, -0.25) is 15.6 Å². The molecule has 1 aromatic rings. The molecule has 2 unspecified atom stereocenters. The predicted octanol–water partition coefficient (Wildman–Crippen LogP) is 0.919. The number of hydrogen-bond donors (Lipinski definition) is 4. The largest absolute Gasteiger partial charge is 0.445 e. The molecule has 0 aromatic heterocycles. The van der Waals surface area contributed by atoms with Crippen LogP contribution in [0.1, 0.15) is 26.3 Å². The lowest BCUT2D eigenvalue weighted by molar-refractivity contribution is -0.124. The maximum Gasteiger partial charge on any atom is 0.408 e. The first-order chi connectivity index (χ1) is 11.5. The summed E-state index contributed by atoms with van der Waals surface area (Å²) in [5, 5.41) is 5.62. The van der Waals surface area contributed by atoms with Gasteiger partial charge in [0, 0.05) is 12.6 Å². The molecule has 0 aliphatic carbocycles. The molecular formula is C17H26N4O3. The summed E-state index contributed by atoms with van der Waals surface area (Å²) in [7, 11) is 0. The van der Waals surface area contributed by atoms with Crippen molar-refractivity contribution in [3.05, 3.63) is 35.9 Å². The first kappa shape index (κ1) is 18.2. The maximum atomic E-state index is 12.5. The Kier molecular flexibility index (Phi) is 6.57. The van der Waals surface area contributed by atoms with E-state index in [0.717, 1.165) is 5.56 Å². The van der Waals surface area contributed by atoms with Gasteiger partial charge in [-0.15, -0.1) is 0 Å². The van der Waals surface area contributed by atoms with Crippen molar-refractivity contribution >= 4 is 12.0 Å². The van der Waals surface area contributed by atoms with Crippen LogP contribution < -0.4 is 21.5 Å². The van der Waals surface area contributed by atoms with Gasteiger partial charge in [-0.25, -0.2) is 4.79 Å². The van der Waals surface area contributed by atoms with E-state index in [1.807, 2.05) is 51.1 Å². The summed E-state index contributed by atoms with van der Waals surface area (Å²) in [4.78, 5) is 24.5. The Morgan fingerprint density at radius 1 is 1.29 bits per heavy atom. The average molecular weight is 334 g/mol. The van der Waals surface area contributed by atoms with Crippen molar-refractivity contribution in [3.63, 3.8) is 0 Å². The molecule has 7 heteroatoms. The van der Waals surface area contributed by atoms with E-state index in [1.165, 1.54) is 0 Å². The molecule has 7 nitrogen and oxygen atoms in total. The molecule has 1 heterocycles. The number of carbonyl (C=O) groups is 2. The topological polar surface area (TPSA) is 91.5 Å². The van der Waals surface area contributed by atoms with Crippen molar-refractivity contribution in [3.8, 4) is 0 Å². The number of hydrazine groups is 1. The number of hydrogen-bond acceptors (Lipinski definition) is 5. The van der Waals surface area contributed by atoms with Crippen molar-refractivity contribution in [1.82, 2.24) is 21.5 Å². The molecule has 1 aliphatic heterocycles. The molecule has 132 valence electrons. The lowest BCUT2D eigenvalue weighted by Crippen LogP contribution is -2.54. The van der Waals surface area contributed by atoms with Crippen LogP contribution in [-0.2, 0) is 16.1 Å². The third kappa shape index (κ3) is 5.21. The Bertz CT molecular complexity index is 550. The van der Waals surface area contributed by atoms with Crippen LogP contribution in [0.3, 0.4) is 0 Å². The second kappa shape index (κ2) is 8.65. The summed E-state index contributed by atoms with van der Waals surface area (Å²) in [5.41, 5.74) is 6.94. The van der Waals surface area contributed by atoms with Crippen molar-refractivity contribution < 1.29 is 14.3 Å². The van der Waals surface area contributed by atoms with Gasteiger partial charge in [-0.05, 0) is 18.4 Å². The molecule has 0 radical (unpaired) electrons. The SMILES string of the molecule is CC1NNCC1NC(=O)[C@@H](NC(=O)OCc1ccccc1)C(C)C. The Hall–Kier alpha value is -2.12. The van der Waals surface area contributed by atoms with Crippen molar-refractivity contribution in [2.24, 2.45) is 5.92 Å². The molecular weight excluding hydrogens is 308 g/mol. The number of benzene rings is 1. The quantitative estimate of drug-likeness (QED) is 0.621. The zero-order chi connectivity index (χ0) is 17.5. The molecule has 2 amide bonds. The van der Waals surface area contributed by atoms with Gasteiger partial charge in [0.05, 0.1) is 6.04 Å². The van der Waals surface area contributed by atoms with Crippen LogP contribution in [-0.4, -0.2) is 36.7 Å². The second-order valence-corrected chi connectivity index (χ2v) is 6.36. The third-order valence-corrected chi connectivity index (χ3v) is 4.02. The van der Waals surface area contributed by atoms with E-state index in [9.17, 15) is 9.59 Å². The smallest absolute Gasteiger partial charge is 0.408 e. The fraction of sp³-hybridized carbons (Fsp3) is 0.529. The van der Waals surface area contributed by atoms with E-state index in [2.05, 4.69) is 21.5 Å².